The maximum atomic E-state index is 13.0. The van der Waals surface area contributed by atoms with Crippen molar-refractivity contribution >= 4 is 40.6 Å². The topological polar surface area (TPSA) is 89.2 Å². The van der Waals surface area contributed by atoms with Gasteiger partial charge in [0.1, 0.15) is 10.8 Å². The number of benzene rings is 1. The second-order valence-electron chi connectivity index (χ2n) is 4.61. The molecule has 2 rings (SSSR count). The van der Waals surface area contributed by atoms with Crippen LogP contribution >= 0.6 is 23.1 Å². The Morgan fingerprint density at radius 2 is 2.00 bits per heavy atom. The third kappa shape index (κ3) is 5.29. The highest BCUT2D eigenvalue weighted by atomic mass is 32.2. The van der Waals surface area contributed by atoms with Gasteiger partial charge in [0.05, 0.1) is 5.75 Å². The number of hydrogen-bond acceptors (Lipinski definition) is 6. The minimum Gasteiger partial charge on any atom is -0.370 e. The number of hydrogen-bond donors (Lipinski definition) is 1. The summed E-state index contributed by atoms with van der Waals surface area (Å²) in [5.41, 5.74) is 5.67. The molecule has 2 N–H and O–H groups in total. The maximum absolute atomic E-state index is 13.0. The molecule has 9 heteroatoms. The van der Waals surface area contributed by atoms with Crippen LogP contribution in [0.25, 0.3) is 0 Å². The predicted octanol–water partition coefficient (Wildman–Crippen LogP) is 1.99. The van der Waals surface area contributed by atoms with Crippen molar-refractivity contribution in [3.63, 3.8) is 0 Å². The number of aryl methyl sites for hydroxylation is 1. The zero-order valence-electron chi connectivity index (χ0n) is 12.4. The monoisotopic (exact) mass is 354 g/mol. The van der Waals surface area contributed by atoms with E-state index in [0.717, 1.165) is 5.01 Å². The molecule has 2 aromatic rings. The first-order valence-corrected chi connectivity index (χ1v) is 8.53. The van der Waals surface area contributed by atoms with Crippen LogP contribution in [0.4, 0.5) is 10.1 Å². The number of nitrogens with zero attached hydrogens (tertiary/aromatic N) is 3. The van der Waals surface area contributed by atoms with Crippen LogP contribution < -0.4 is 10.6 Å². The number of rotatable bonds is 7. The van der Waals surface area contributed by atoms with E-state index in [4.69, 9.17) is 5.73 Å². The molecular formula is C14H15FN4O2S2. The summed E-state index contributed by atoms with van der Waals surface area (Å²) in [6, 6.07) is 5.52. The van der Waals surface area contributed by atoms with Gasteiger partial charge < -0.3 is 10.6 Å². The van der Waals surface area contributed by atoms with Crippen molar-refractivity contribution in [3.8, 4) is 0 Å². The lowest BCUT2D eigenvalue weighted by atomic mass is 10.2. The third-order valence-electron chi connectivity index (χ3n) is 2.85. The van der Waals surface area contributed by atoms with Crippen LogP contribution in [-0.4, -0.2) is 34.3 Å². The summed E-state index contributed by atoms with van der Waals surface area (Å²) in [4.78, 5) is 24.9. The average molecular weight is 354 g/mol. The number of thioether (sulfide) groups is 1. The number of carbonyl (C=O) groups is 2. The van der Waals surface area contributed by atoms with Gasteiger partial charge in [-0.15, -0.1) is 10.2 Å². The minimum absolute atomic E-state index is 0.0334. The Morgan fingerprint density at radius 1 is 1.30 bits per heavy atom. The lowest BCUT2D eigenvalue weighted by Crippen LogP contribution is -2.35. The van der Waals surface area contributed by atoms with Crippen LogP contribution in [0.3, 0.4) is 0 Å². The molecule has 0 bridgehead atoms. The second kappa shape index (κ2) is 8.02. The summed E-state index contributed by atoms with van der Waals surface area (Å²) < 4.78 is 13.7. The Kier molecular flexibility index (Phi) is 6.05. The Morgan fingerprint density at radius 3 is 2.57 bits per heavy atom. The highest BCUT2D eigenvalue weighted by Gasteiger charge is 2.17. The van der Waals surface area contributed by atoms with Gasteiger partial charge in [0.25, 0.3) is 0 Å². The zero-order valence-corrected chi connectivity index (χ0v) is 14.0. The molecule has 0 fully saturated rings. The Bertz CT molecular complexity index is 690. The highest BCUT2D eigenvalue weighted by Crippen LogP contribution is 2.23. The standard InChI is InChI=1S/C14H15FN4O2S2/c1-9-17-18-14(23-9)22-8-13(21)19(7-6-12(16)20)11-4-2-10(15)3-5-11/h2-5H,6-8H2,1H3,(H2,16,20). The van der Waals surface area contributed by atoms with Crippen LogP contribution in [0.5, 0.6) is 0 Å². The van der Waals surface area contributed by atoms with Gasteiger partial charge in [-0.25, -0.2) is 4.39 Å². The second-order valence-corrected chi connectivity index (χ2v) is 7.02. The van der Waals surface area contributed by atoms with Gasteiger partial charge in [0.2, 0.25) is 11.8 Å². The molecule has 1 aromatic heterocycles. The van der Waals surface area contributed by atoms with Crippen molar-refractivity contribution in [2.24, 2.45) is 5.73 Å². The fraction of sp³-hybridized carbons (Fsp3) is 0.286. The van der Waals surface area contributed by atoms with E-state index in [0.29, 0.717) is 10.0 Å². The first kappa shape index (κ1) is 17.4. The van der Waals surface area contributed by atoms with Crippen molar-refractivity contribution in [3.05, 3.63) is 35.1 Å². The predicted molar refractivity (Wildman–Crippen MR) is 87.9 cm³/mol. The maximum Gasteiger partial charge on any atom is 0.237 e. The zero-order chi connectivity index (χ0) is 16.8. The Labute approximate surface area is 140 Å². The van der Waals surface area contributed by atoms with Crippen LogP contribution in [-0.2, 0) is 9.59 Å². The first-order valence-electron chi connectivity index (χ1n) is 6.73. The Balaban J connectivity index is 2.06. The molecule has 2 amide bonds. The van der Waals surface area contributed by atoms with Crippen LogP contribution in [0.15, 0.2) is 28.6 Å². The molecule has 1 aromatic carbocycles. The molecule has 1 heterocycles. The molecule has 0 saturated heterocycles. The van der Waals surface area contributed by atoms with E-state index >= 15 is 0 Å². The average Bonchev–Trinajstić information content (AvgIpc) is 2.92. The van der Waals surface area contributed by atoms with Crippen LogP contribution in [0, 0.1) is 12.7 Å². The van der Waals surface area contributed by atoms with Crippen molar-refractivity contribution in [1.82, 2.24) is 10.2 Å². The third-order valence-corrected chi connectivity index (χ3v) is 4.80. The molecular weight excluding hydrogens is 339 g/mol. The molecule has 0 aliphatic rings. The van der Waals surface area contributed by atoms with Gasteiger partial charge in [0, 0.05) is 18.7 Å². The molecule has 0 aliphatic carbocycles. The lowest BCUT2D eigenvalue weighted by molar-refractivity contribution is -0.118. The van der Waals surface area contributed by atoms with E-state index in [1.165, 1.54) is 52.3 Å². The van der Waals surface area contributed by atoms with Crippen molar-refractivity contribution in [2.45, 2.75) is 17.7 Å². The van der Waals surface area contributed by atoms with Gasteiger partial charge in [-0.3, -0.25) is 9.59 Å². The normalized spacial score (nSPS) is 10.5. The highest BCUT2D eigenvalue weighted by molar-refractivity contribution is 8.01. The number of carbonyl (C=O) groups excluding carboxylic acids is 2. The quantitative estimate of drug-likeness (QED) is 0.768. The van der Waals surface area contributed by atoms with Gasteiger partial charge >= 0.3 is 0 Å². The van der Waals surface area contributed by atoms with E-state index < -0.39 is 11.7 Å². The van der Waals surface area contributed by atoms with Crippen molar-refractivity contribution in [1.29, 1.82) is 0 Å². The molecule has 0 radical (unpaired) electrons. The minimum atomic E-state index is -0.502. The SMILES string of the molecule is Cc1nnc(SCC(=O)N(CCC(N)=O)c2ccc(F)cc2)s1. The summed E-state index contributed by atoms with van der Waals surface area (Å²) in [6.45, 7) is 1.98. The Hall–Kier alpha value is -2.00. The molecule has 0 unspecified atom stereocenters. The number of halogens is 1. The largest absolute Gasteiger partial charge is 0.370 e. The lowest BCUT2D eigenvalue weighted by Gasteiger charge is -2.22. The summed E-state index contributed by atoms with van der Waals surface area (Å²) in [5.74, 6) is -0.965. The van der Waals surface area contributed by atoms with Gasteiger partial charge in [-0.05, 0) is 31.2 Å². The molecule has 0 atom stereocenters. The van der Waals surface area contributed by atoms with Gasteiger partial charge in [-0.1, -0.05) is 23.1 Å². The molecule has 122 valence electrons. The van der Waals surface area contributed by atoms with E-state index in [1.807, 2.05) is 6.92 Å². The fourth-order valence-electron chi connectivity index (χ4n) is 1.78. The first-order chi connectivity index (χ1) is 11.0. The summed E-state index contributed by atoms with van der Waals surface area (Å²) in [7, 11) is 0. The number of anilines is 1. The van der Waals surface area contributed by atoms with Crippen molar-refractivity contribution in [2.75, 3.05) is 17.2 Å². The van der Waals surface area contributed by atoms with Crippen molar-refractivity contribution < 1.29 is 14.0 Å². The summed E-state index contributed by atoms with van der Waals surface area (Å²) in [5, 5.41) is 8.65. The number of amides is 2. The van der Waals surface area contributed by atoms with Gasteiger partial charge in [0.15, 0.2) is 4.34 Å². The number of primary amides is 1. The summed E-state index contributed by atoms with van der Waals surface area (Å²) in [6.07, 6.45) is 0.0334. The number of aromatic nitrogens is 2. The van der Waals surface area contributed by atoms with Crippen LogP contribution in [0.1, 0.15) is 11.4 Å². The molecule has 6 nitrogen and oxygen atoms in total. The van der Waals surface area contributed by atoms with Crippen LogP contribution in [0.2, 0.25) is 0 Å². The van der Waals surface area contributed by atoms with Gasteiger partial charge in [-0.2, -0.15) is 0 Å². The molecule has 23 heavy (non-hydrogen) atoms. The smallest absolute Gasteiger partial charge is 0.237 e. The summed E-state index contributed by atoms with van der Waals surface area (Å²) >= 11 is 2.68. The molecule has 0 saturated carbocycles. The van der Waals surface area contributed by atoms with E-state index in [9.17, 15) is 14.0 Å². The fourth-order valence-corrected chi connectivity index (χ4v) is 3.47. The van der Waals surface area contributed by atoms with E-state index in [-0.39, 0.29) is 24.6 Å². The van der Waals surface area contributed by atoms with E-state index in [1.54, 1.807) is 0 Å². The number of nitrogens with two attached hydrogens (primary N) is 1. The molecule has 0 aliphatic heterocycles. The van der Waals surface area contributed by atoms with E-state index in [2.05, 4.69) is 10.2 Å². The molecule has 0 spiro atoms.